The number of carbonyl (C=O) groups is 1. The molecule has 2 aliphatic carbocycles. The molecule has 2 rings (SSSR count). The fraction of sp³-hybridized carbons (Fsp3) is 0.933. The Morgan fingerprint density at radius 1 is 1.11 bits per heavy atom. The summed E-state index contributed by atoms with van der Waals surface area (Å²) in [5, 5.41) is 13.3. The molecule has 0 unspecified atom stereocenters. The predicted molar refractivity (Wildman–Crippen MR) is 73.9 cm³/mol. The Labute approximate surface area is 115 Å². The minimum absolute atomic E-state index is 0.0930. The van der Waals surface area contributed by atoms with E-state index in [1.165, 1.54) is 25.7 Å². The van der Waals surface area contributed by atoms with Crippen molar-refractivity contribution in [3.05, 3.63) is 0 Å². The Balaban J connectivity index is 1.64. The Morgan fingerprint density at radius 2 is 1.74 bits per heavy atom. The summed E-state index contributed by atoms with van der Waals surface area (Å²) in [6.45, 7) is 0.514. The van der Waals surface area contributed by atoms with E-state index in [4.69, 9.17) is 4.74 Å². The van der Waals surface area contributed by atoms with Gasteiger partial charge in [-0.1, -0.05) is 38.5 Å². The fourth-order valence-corrected chi connectivity index (χ4v) is 3.13. The van der Waals surface area contributed by atoms with Crippen LogP contribution in [-0.4, -0.2) is 35.9 Å². The van der Waals surface area contributed by atoms with Crippen molar-refractivity contribution >= 4 is 5.91 Å². The maximum absolute atomic E-state index is 11.7. The lowest BCUT2D eigenvalue weighted by atomic mass is 9.94. The fourth-order valence-electron chi connectivity index (χ4n) is 3.13. The summed E-state index contributed by atoms with van der Waals surface area (Å²) < 4.78 is 5.57. The molecule has 2 saturated carbocycles. The number of amides is 1. The number of hydrogen-bond donors (Lipinski definition) is 2. The van der Waals surface area contributed by atoms with Crippen LogP contribution in [0.4, 0.5) is 0 Å². The van der Waals surface area contributed by atoms with E-state index in [1.54, 1.807) is 0 Å². The van der Waals surface area contributed by atoms with Crippen molar-refractivity contribution in [1.29, 1.82) is 0 Å². The van der Waals surface area contributed by atoms with E-state index >= 15 is 0 Å². The SMILES string of the molecule is O=C(COC1CCCC1)NCC1(O)CCCCCC1. The quantitative estimate of drug-likeness (QED) is 0.752. The standard InChI is InChI=1S/C15H27NO3/c17-14(11-19-13-7-3-4-8-13)16-12-15(18)9-5-1-2-6-10-15/h13,18H,1-12H2,(H,16,17). The molecule has 0 radical (unpaired) electrons. The van der Waals surface area contributed by atoms with E-state index in [1.807, 2.05) is 0 Å². The zero-order valence-electron chi connectivity index (χ0n) is 11.8. The summed E-state index contributed by atoms with van der Waals surface area (Å²) >= 11 is 0. The molecule has 1 amide bonds. The smallest absolute Gasteiger partial charge is 0.246 e. The van der Waals surface area contributed by atoms with Gasteiger partial charge in [-0.05, 0) is 25.7 Å². The van der Waals surface area contributed by atoms with Crippen molar-refractivity contribution in [2.75, 3.05) is 13.2 Å². The summed E-state index contributed by atoms with van der Waals surface area (Å²) in [7, 11) is 0. The number of nitrogens with one attached hydrogen (secondary N) is 1. The first-order valence-electron chi connectivity index (χ1n) is 7.79. The Hall–Kier alpha value is -0.610. The first-order chi connectivity index (χ1) is 9.18. The number of hydrogen-bond acceptors (Lipinski definition) is 3. The van der Waals surface area contributed by atoms with Crippen molar-refractivity contribution in [1.82, 2.24) is 5.32 Å². The van der Waals surface area contributed by atoms with E-state index in [0.717, 1.165) is 38.5 Å². The van der Waals surface area contributed by atoms with Crippen molar-refractivity contribution in [3.63, 3.8) is 0 Å². The Morgan fingerprint density at radius 3 is 2.37 bits per heavy atom. The van der Waals surface area contributed by atoms with Gasteiger partial charge < -0.3 is 15.2 Å². The second-order valence-corrected chi connectivity index (χ2v) is 6.13. The van der Waals surface area contributed by atoms with Crippen LogP contribution in [0, 0.1) is 0 Å². The monoisotopic (exact) mass is 269 g/mol. The average Bonchev–Trinajstić information content (AvgIpc) is 2.83. The van der Waals surface area contributed by atoms with Crippen LogP contribution in [0.5, 0.6) is 0 Å². The molecular weight excluding hydrogens is 242 g/mol. The maximum atomic E-state index is 11.7. The van der Waals surface area contributed by atoms with Gasteiger partial charge in [-0.25, -0.2) is 0 Å². The summed E-state index contributed by atoms with van der Waals surface area (Å²) in [5.41, 5.74) is -0.695. The Kier molecular flexibility index (Phi) is 5.64. The first kappa shape index (κ1) is 14.8. The molecule has 19 heavy (non-hydrogen) atoms. The minimum atomic E-state index is -0.695. The van der Waals surface area contributed by atoms with Crippen LogP contribution in [-0.2, 0) is 9.53 Å². The highest BCUT2D eigenvalue weighted by molar-refractivity contribution is 5.77. The van der Waals surface area contributed by atoms with E-state index in [-0.39, 0.29) is 18.6 Å². The van der Waals surface area contributed by atoms with Crippen LogP contribution in [0.1, 0.15) is 64.2 Å². The number of ether oxygens (including phenoxy) is 1. The van der Waals surface area contributed by atoms with Crippen molar-refractivity contribution < 1.29 is 14.6 Å². The van der Waals surface area contributed by atoms with Gasteiger partial charge in [-0.3, -0.25) is 4.79 Å². The molecule has 0 heterocycles. The molecule has 0 atom stereocenters. The summed E-state index contributed by atoms with van der Waals surface area (Å²) in [4.78, 5) is 11.7. The first-order valence-corrected chi connectivity index (χ1v) is 7.79. The van der Waals surface area contributed by atoms with E-state index < -0.39 is 5.60 Å². The van der Waals surface area contributed by atoms with Crippen molar-refractivity contribution in [2.45, 2.75) is 75.9 Å². The molecule has 0 spiro atoms. The van der Waals surface area contributed by atoms with Gasteiger partial charge in [0.2, 0.25) is 5.91 Å². The van der Waals surface area contributed by atoms with Crippen molar-refractivity contribution in [2.24, 2.45) is 0 Å². The molecule has 2 N–H and O–H groups in total. The molecular formula is C15H27NO3. The molecule has 0 saturated heterocycles. The van der Waals surface area contributed by atoms with Crippen LogP contribution in [0.15, 0.2) is 0 Å². The van der Waals surface area contributed by atoms with Gasteiger partial charge in [0.25, 0.3) is 0 Å². The minimum Gasteiger partial charge on any atom is -0.388 e. The van der Waals surface area contributed by atoms with Gasteiger partial charge in [-0.15, -0.1) is 0 Å². The lowest BCUT2D eigenvalue weighted by Gasteiger charge is -2.26. The van der Waals surface area contributed by atoms with Crippen LogP contribution >= 0.6 is 0 Å². The zero-order valence-corrected chi connectivity index (χ0v) is 11.8. The molecule has 4 heteroatoms. The topological polar surface area (TPSA) is 58.6 Å². The number of carbonyl (C=O) groups excluding carboxylic acids is 1. The van der Waals surface area contributed by atoms with Gasteiger partial charge in [0.05, 0.1) is 11.7 Å². The largest absolute Gasteiger partial charge is 0.388 e. The normalized spacial score (nSPS) is 24.1. The number of aliphatic hydroxyl groups is 1. The highest BCUT2D eigenvalue weighted by Crippen LogP contribution is 2.26. The molecule has 0 aromatic heterocycles. The van der Waals surface area contributed by atoms with E-state index in [9.17, 15) is 9.90 Å². The summed E-state index contributed by atoms with van der Waals surface area (Å²) in [6.07, 6.45) is 11.0. The van der Waals surface area contributed by atoms with Crippen LogP contribution in [0.25, 0.3) is 0 Å². The summed E-state index contributed by atoms with van der Waals surface area (Å²) in [5.74, 6) is -0.0930. The predicted octanol–water partition coefficient (Wildman–Crippen LogP) is 2.15. The van der Waals surface area contributed by atoms with Gasteiger partial charge >= 0.3 is 0 Å². The van der Waals surface area contributed by atoms with Gasteiger partial charge in [0.1, 0.15) is 6.61 Å². The third kappa shape index (κ3) is 5.11. The molecule has 0 bridgehead atoms. The van der Waals surface area contributed by atoms with Gasteiger partial charge in [-0.2, -0.15) is 0 Å². The second-order valence-electron chi connectivity index (χ2n) is 6.13. The highest BCUT2D eigenvalue weighted by Gasteiger charge is 2.28. The van der Waals surface area contributed by atoms with Gasteiger partial charge in [0, 0.05) is 6.54 Å². The lowest BCUT2D eigenvalue weighted by Crippen LogP contribution is -2.43. The van der Waals surface area contributed by atoms with Crippen molar-refractivity contribution in [3.8, 4) is 0 Å². The molecule has 110 valence electrons. The Bertz CT molecular complexity index is 279. The molecule has 0 aliphatic heterocycles. The third-order valence-corrected chi connectivity index (χ3v) is 4.40. The third-order valence-electron chi connectivity index (χ3n) is 4.40. The molecule has 0 aromatic carbocycles. The zero-order chi connectivity index (χ0) is 13.6. The highest BCUT2D eigenvalue weighted by atomic mass is 16.5. The van der Waals surface area contributed by atoms with Crippen LogP contribution < -0.4 is 5.32 Å². The van der Waals surface area contributed by atoms with E-state index in [2.05, 4.69) is 5.32 Å². The van der Waals surface area contributed by atoms with E-state index in [0.29, 0.717) is 6.54 Å². The maximum Gasteiger partial charge on any atom is 0.246 e. The summed E-state index contributed by atoms with van der Waals surface area (Å²) in [6, 6.07) is 0. The van der Waals surface area contributed by atoms with Crippen LogP contribution in [0.2, 0.25) is 0 Å². The van der Waals surface area contributed by atoms with Gasteiger partial charge in [0.15, 0.2) is 0 Å². The number of rotatable bonds is 5. The lowest BCUT2D eigenvalue weighted by molar-refractivity contribution is -0.129. The molecule has 4 nitrogen and oxygen atoms in total. The average molecular weight is 269 g/mol. The van der Waals surface area contributed by atoms with Crippen LogP contribution in [0.3, 0.4) is 0 Å². The molecule has 0 aromatic rings. The molecule has 2 aliphatic rings. The second kappa shape index (κ2) is 7.25. The molecule has 2 fully saturated rings.